The summed E-state index contributed by atoms with van der Waals surface area (Å²) in [6, 6.07) is -0.273. The number of ether oxygens (including phenoxy) is 1. The van der Waals surface area contributed by atoms with Crippen molar-refractivity contribution in [3.8, 4) is 0 Å². The van der Waals surface area contributed by atoms with Gasteiger partial charge in [-0.15, -0.1) is 0 Å². The van der Waals surface area contributed by atoms with Crippen LogP contribution >= 0.6 is 0 Å². The zero-order valence-corrected chi connectivity index (χ0v) is 9.14. The van der Waals surface area contributed by atoms with Gasteiger partial charge < -0.3 is 10.1 Å². The number of piperidine rings is 1. The van der Waals surface area contributed by atoms with Gasteiger partial charge in [0, 0.05) is 0 Å². The maximum absolute atomic E-state index is 11.9. The molecule has 0 saturated carbocycles. The largest absolute Gasteiger partial charge is 0.391 e. The summed E-state index contributed by atoms with van der Waals surface area (Å²) >= 11 is 0. The summed E-state index contributed by atoms with van der Waals surface area (Å²) in [5.74, 6) is 0.00382. The van der Waals surface area contributed by atoms with Crippen molar-refractivity contribution in [1.29, 1.82) is 0 Å². The molecule has 0 spiro atoms. The first kappa shape index (κ1) is 13.4. The van der Waals surface area contributed by atoms with Crippen molar-refractivity contribution in [3.05, 3.63) is 0 Å². The van der Waals surface area contributed by atoms with E-state index < -0.39 is 12.6 Å². The van der Waals surface area contributed by atoms with Gasteiger partial charge in [-0.2, -0.15) is 13.2 Å². The van der Waals surface area contributed by atoms with Crippen LogP contribution in [0.5, 0.6) is 0 Å². The second-order valence-electron chi connectivity index (χ2n) is 4.00. The molecule has 6 heteroatoms. The molecule has 16 heavy (non-hydrogen) atoms. The highest BCUT2D eigenvalue weighted by Gasteiger charge is 2.29. The number of ketones is 1. The molecule has 3 nitrogen and oxygen atoms in total. The van der Waals surface area contributed by atoms with E-state index in [-0.39, 0.29) is 24.5 Å². The second-order valence-corrected chi connectivity index (χ2v) is 4.00. The number of alkyl halides is 3. The summed E-state index contributed by atoms with van der Waals surface area (Å²) in [5.41, 5.74) is 0. The van der Waals surface area contributed by atoms with E-state index in [0.717, 1.165) is 0 Å². The molecule has 94 valence electrons. The molecule has 1 heterocycles. The van der Waals surface area contributed by atoms with Gasteiger partial charge in [-0.05, 0) is 26.3 Å². The minimum Gasteiger partial charge on any atom is -0.378 e. The van der Waals surface area contributed by atoms with E-state index in [1.165, 1.54) is 6.92 Å². The van der Waals surface area contributed by atoms with Crippen molar-refractivity contribution in [2.24, 2.45) is 0 Å². The Hall–Kier alpha value is -0.620. The molecule has 1 N–H and O–H groups in total. The van der Waals surface area contributed by atoms with Crippen molar-refractivity contribution in [2.75, 3.05) is 13.2 Å². The minimum atomic E-state index is -4.17. The molecule has 0 amide bonds. The molecule has 0 aromatic carbocycles. The van der Waals surface area contributed by atoms with E-state index >= 15 is 0 Å². The molecule has 0 aliphatic carbocycles. The first-order valence-electron chi connectivity index (χ1n) is 5.30. The lowest BCUT2D eigenvalue weighted by molar-refractivity contribution is -0.151. The monoisotopic (exact) mass is 239 g/mol. The second kappa shape index (κ2) is 5.63. The van der Waals surface area contributed by atoms with Crippen molar-refractivity contribution in [1.82, 2.24) is 5.32 Å². The van der Waals surface area contributed by atoms with Crippen molar-refractivity contribution in [3.63, 3.8) is 0 Å². The van der Waals surface area contributed by atoms with Gasteiger partial charge in [0.25, 0.3) is 0 Å². The number of nitrogens with one attached hydrogen (secondary N) is 1. The van der Waals surface area contributed by atoms with E-state index in [0.29, 0.717) is 19.4 Å². The topological polar surface area (TPSA) is 38.3 Å². The minimum absolute atomic E-state index is 0.00382. The van der Waals surface area contributed by atoms with Gasteiger partial charge in [0.1, 0.15) is 5.78 Å². The third-order valence-electron chi connectivity index (χ3n) is 2.59. The lowest BCUT2D eigenvalue weighted by Crippen LogP contribution is -2.45. The van der Waals surface area contributed by atoms with Crippen LogP contribution < -0.4 is 5.32 Å². The van der Waals surface area contributed by atoms with Gasteiger partial charge in [-0.3, -0.25) is 4.79 Å². The first-order valence-corrected chi connectivity index (χ1v) is 5.30. The van der Waals surface area contributed by atoms with Crippen LogP contribution in [-0.2, 0) is 9.53 Å². The van der Waals surface area contributed by atoms with Gasteiger partial charge >= 0.3 is 6.18 Å². The van der Waals surface area contributed by atoms with Crippen LogP contribution in [0.15, 0.2) is 0 Å². The lowest BCUT2D eigenvalue weighted by Gasteiger charge is -2.28. The quantitative estimate of drug-likeness (QED) is 0.811. The average Bonchev–Trinajstić information content (AvgIpc) is 2.16. The molecule has 1 aliphatic heterocycles. The first-order chi connectivity index (χ1) is 7.38. The van der Waals surface area contributed by atoms with E-state index in [4.69, 9.17) is 4.74 Å². The van der Waals surface area contributed by atoms with E-state index in [2.05, 4.69) is 5.32 Å². The summed E-state index contributed by atoms with van der Waals surface area (Å²) in [6.45, 7) is 1.76. The Labute approximate surface area is 92.3 Å². The molecule has 0 radical (unpaired) electrons. The molecule has 0 aromatic rings. The summed E-state index contributed by atoms with van der Waals surface area (Å²) < 4.78 is 40.7. The van der Waals surface area contributed by atoms with E-state index in [9.17, 15) is 18.0 Å². The predicted molar refractivity (Wildman–Crippen MR) is 52.1 cm³/mol. The van der Waals surface area contributed by atoms with Gasteiger partial charge in [0.2, 0.25) is 0 Å². The van der Waals surface area contributed by atoms with Crippen molar-refractivity contribution in [2.45, 2.75) is 44.5 Å². The zero-order valence-electron chi connectivity index (χ0n) is 9.14. The molecule has 1 aliphatic rings. The van der Waals surface area contributed by atoms with E-state index in [1.54, 1.807) is 0 Å². The molecule has 0 bridgehead atoms. The van der Waals surface area contributed by atoms with Crippen molar-refractivity contribution < 1.29 is 22.7 Å². The molecular formula is C10H16F3NO2. The third kappa shape index (κ3) is 4.94. The third-order valence-corrected chi connectivity index (χ3v) is 2.59. The van der Waals surface area contributed by atoms with Crippen LogP contribution in [0.4, 0.5) is 13.2 Å². The highest BCUT2D eigenvalue weighted by molar-refractivity contribution is 5.81. The highest BCUT2D eigenvalue weighted by Crippen LogP contribution is 2.21. The standard InChI is InChI=1S/C10H16F3NO2/c1-7(15)9-6-8(2-4-14-9)16-5-3-10(11,12)13/h8-9,14H,2-6H2,1H3/t8-,9+/m1/s1. The zero-order chi connectivity index (χ0) is 12.2. The smallest absolute Gasteiger partial charge is 0.378 e. The van der Waals surface area contributed by atoms with Crippen LogP contribution in [-0.4, -0.2) is 37.3 Å². The maximum Gasteiger partial charge on any atom is 0.391 e. The fourth-order valence-corrected chi connectivity index (χ4v) is 1.69. The molecule has 1 rings (SSSR count). The molecule has 0 unspecified atom stereocenters. The van der Waals surface area contributed by atoms with Gasteiger partial charge in [0.05, 0.1) is 25.2 Å². The fraction of sp³-hybridized carbons (Fsp3) is 0.900. The Morgan fingerprint density at radius 2 is 2.19 bits per heavy atom. The number of hydrogen-bond donors (Lipinski definition) is 1. The Bertz CT molecular complexity index is 243. The fourth-order valence-electron chi connectivity index (χ4n) is 1.69. The van der Waals surface area contributed by atoms with Crippen LogP contribution in [0, 0.1) is 0 Å². The van der Waals surface area contributed by atoms with E-state index in [1.807, 2.05) is 0 Å². The number of Topliss-reactive ketones (excluding diaryl/α,β-unsaturated/α-hetero) is 1. The highest BCUT2D eigenvalue weighted by atomic mass is 19.4. The molecule has 2 atom stereocenters. The van der Waals surface area contributed by atoms with Gasteiger partial charge in [-0.25, -0.2) is 0 Å². The van der Waals surface area contributed by atoms with Gasteiger partial charge in [0.15, 0.2) is 0 Å². The van der Waals surface area contributed by atoms with Crippen molar-refractivity contribution >= 4 is 5.78 Å². The van der Waals surface area contributed by atoms with Gasteiger partial charge in [-0.1, -0.05) is 0 Å². The molecule has 1 saturated heterocycles. The molecule has 1 fully saturated rings. The molecular weight excluding hydrogens is 223 g/mol. The summed E-state index contributed by atoms with van der Waals surface area (Å²) in [7, 11) is 0. The average molecular weight is 239 g/mol. The summed E-state index contributed by atoms with van der Waals surface area (Å²) in [4.78, 5) is 11.1. The Kier molecular flexibility index (Phi) is 4.73. The number of carbonyl (C=O) groups is 1. The number of carbonyl (C=O) groups excluding carboxylic acids is 1. The Balaban J connectivity index is 2.24. The number of hydrogen-bond acceptors (Lipinski definition) is 3. The molecule has 0 aromatic heterocycles. The SMILES string of the molecule is CC(=O)[C@@H]1C[C@H](OCCC(F)(F)F)CCN1. The van der Waals surface area contributed by atoms with Crippen LogP contribution in [0.2, 0.25) is 0 Å². The number of halogens is 3. The Morgan fingerprint density at radius 1 is 1.50 bits per heavy atom. The lowest BCUT2D eigenvalue weighted by atomic mass is 9.99. The normalized spacial score (nSPS) is 26.8. The summed E-state index contributed by atoms with van der Waals surface area (Å²) in [5, 5.41) is 3.00. The van der Waals surface area contributed by atoms with Crippen LogP contribution in [0.3, 0.4) is 0 Å². The Morgan fingerprint density at radius 3 is 2.75 bits per heavy atom. The maximum atomic E-state index is 11.9. The van der Waals surface area contributed by atoms with Crippen LogP contribution in [0.25, 0.3) is 0 Å². The van der Waals surface area contributed by atoms with Crippen LogP contribution in [0.1, 0.15) is 26.2 Å². The predicted octanol–water partition coefficient (Wildman–Crippen LogP) is 1.67. The summed E-state index contributed by atoms with van der Waals surface area (Å²) in [6.07, 6.45) is -4.22. The number of rotatable bonds is 4.